The summed E-state index contributed by atoms with van der Waals surface area (Å²) in [6.45, 7) is 0. The third-order valence-corrected chi connectivity index (χ3v) is 9.46. The molecule has 2 bridgehead atoms. The second-order valence-electron chi connectivity index (χ2n) is 11.7. The van der Waals surface area contributed by atoms with Gasteiger partial charge in [0, 0.05) is 22.7 Å². The zero-order valence-corrected chi connectivity index (χ0v) is 23.1. The average molecular weight is 586 g/mol. The Bertz CT molecular complexity index is 1770. The maximum absolute atomic E-state index is 15.1. The number of carbonyl (C=O) groups is 2. The monoisotopic (exact) mass is 585 g/mol. The molecule has 0 unspecified atom stereocenters. The number of nitrogens with one attached hydrogen (secondary N) is 2. The van der Waals surface area contributed by atoms with Gasteiger partial charge >= 0.3 is 0 Å². The highest BCUT2D eigenvalue weighted by Crippen LogP contribution is 2.64. The number of hydrogen-bond acceptors (Lipinski definition) is 7. The summed E-state index contributed by atoms with van der Waals surface area (Å²) in [5, 5.41) is 14.8. The number of aromatic amines is 1. The number of hydrogen-bond donors (Lipinski definition) is 2. The lowest BCUT2D eigenvalue weighted by Crippen LogP contribution is -2.58. The van der Waals surface area contributed by atoms with Crippen LogP contribution in [0.4, 0.5) is 10.2 Å². The molecule has 2 amide bonds. The summed E-state index contributed by atoms with van der Waals surface area (Å²) < 4.78 is 16.6. The maximum atomic E-state index is 15.1. The number of carbonyl (C=O) groups excluding carboxylic acids is 2. The van der Waals surface area contributed by atoms with E-state index in [9.17, 15) is 9.59 Å². The molecule has 2 N–H and O–H groups in total. The first-order chi connectivity index (χ1) is 20.4. The molecule has 4 aromatic rings. The first-order valence-corrected chi connectivity index (χ1v) is 14.3. The lowest BCUT2D eigenvalue weighted by atomic mass is 9.44. The molecular formula is C29H25ClFN9O2. The number of nitrogens with zero attached hydrogens (tertiary/aromatic N) is 7. The normalized spacial score (nSPS) is 25.9. The fraction of sp³-hybridized carbons (Fsp3) is 0.345. The van der Waals surface area contributed by atoms with Crippen LogP contribution in [0, 0.1) is 17.3 Å². The highest BCUT2D eigenvalue weighted by molar-refractivity contribution is 6.30. The maximum Gasteiger partial charge on any atom is 0.247 e. The zero-order chi connectivity index (χ0) is 28.6. The van der Waals surface area contributed by atoms with Crippen molar-refractivity contribution in [2.75, 3.05) is 5.32 Å². The molecule has 3 aromatic heterocycles. The average Bonchev–Trinajstić information content (AvgIpc) is 3.68. The van der Waals surface area contributed by atoms with Crippen LogP contribution in [-0.4, -0.2) is 57.9 Å². The molecule has 13 heteroatoms. The Morgan fingerprint density at radius 1 is 1.14 bits per heavy atom. The van der Waals surface area contributed by atoms with Gasteiger partial charge in [-0.25, -0.2) is 9.97 Å². The zero-order valence-electron chi connectivity index (χ0n) is 22.3. The minimum Gasteiger partial charge on any atom is -0.340 e. The molecule has 5 heterocycles. The van der Waals surface area contributed by atoms with Crippen LogP contribution in [0.25, 0.3) is 22.5 Å². The van der Waals surface area contributed by atoms with Crippen molar-refractivity contribution in [3.8, 4) is 16.9 Å². The van der Waals surface area contributed by atoms with Crippen molar-refractivity contribution < 1.29 is 14.0 Å². The molecule has 3 saturated carbocycles. The van der Waals surface area contributed by atoms with Gasteiger partial charge in [0.15, 0.2) is 0 Å². The van der Waals surface area contributed by atoms with Crippen LogP contribution in [0.3, 0.4) is 0 Å². The second-order valence-corrected chi connectivity index (χ2v) is 12.1. The highest BCUT2D eigenvalue weighted by Gasteiger charge is 2.61. The fourth-order valence-corrected chi connectivity index (χ4v) is 7.17. The van der Waals surface area contributed by atoms with Crippen LogP contribution in [0.15, 0.2) is 48.9 Å². The van der Waals surface area contributed by atoms with Gasteiger partial charge in [0.25, 0.3) is 0 Å². The number of rotatable bonds is 6. The molecule has 11 nitrogen and oxygen atoms in total. The summed E-state index contributed by atoms with van der Waals surface area (Å²) in [6.07, 6.45) is 9.59. The molecule has 1 aromatic carbocycles. The number of benzene rings is 1. The summed E-state index contributed by atoms with van der Waals surface area (Å²) in [4.78, 5) is 39.7. The van der Waals surface area contributed by atoms with Crippen LogP contribution in [-0.2, 0) is 9.59 Å². The van der Waals surface area contributed by atoms with E-state index in [1.165, 1.54) is 6.33 Å². The quantitative estimate of drug-likeness (QED) is 0.318. The number of H-pyrrole nitrogens is 1. The number of fused-ring (bicyclic) bond motifs is 1. The van der Waals surface area contributed by atoms with E-state index in [1.54, 1.807) is 35.2 Å². The molecule has 0 spiro atoms. The Kier molecular flexibility index (Phi) is 5.58. The van der Waals surface area contributed by atoms with Crippen molar-refractivity contribution in [3.63, 3.8) is 0 Å². The minimum absolute atomic E-state index is 0.0286. The molecule has 9 rings (SSSR count). The first-order valence-electron chi connectivity index (χ1n) is 14.0. The summed E-state index contributed by atoms with van der Waals surface area (Å²) in [5.74, 6) is 0.566. The number of halogens is 2. The number of tetrazole rings is 1. The SMILES string of the molecule is O=C1C=C(c2cc(Cl)ccc2-n2cnnn2)C[C@H]2CC[C@@H](c3ncc(-c4ccc(NC(=O)C56CC(C5)C6)nc4F)[nH]3)N12. The van der Waals surface area contributed by atoms with E-state index in [0.29, 0.717) is 35.3 Å². The van der Waals surface area contributed by atoms with Gasteiger partial charge in [0.1, 0.15) is 18.0 Å². The lowest BCUT2D eigenvalue weighted by molar-refractivity contribution is -0.158. The van der Waals surface area contributed by atoms with Crippen LogP contribution in [0.1, 0.15) is 56.0 Å². The Morgan fingerprint density at radius 2 is 2.00 bits per heavy atom. The predicted molar refractivity (Wildman–Crippen MR) is 150 cm³/mol. The molecule has 4 fully saturated rings. The summed E-state index contributed by atoms with van der Waals surface area (Å²) in [5.41, 5.74) is 2.84. The Hall–Kier alpha value is -4.45. The summed E-state index contributed by atoms with van der Waals surface area (Å²) in [7, 11) is 0. The number of imidazole rings is 1. The molecule has 2 atom stereocenters. The summed E-state index contributed by atoms with van der Waals surface area (Å²) >= 11 is 6.33. The van der Waals surface area contributed by atoms with Gasteiger partial charge in [-0.2, -0.15) is 9.07 Å². The van der Waals surface area contributed by atoms with Crippen molar-refractivity contribution in [2.24, 2.45) is 11.3 Å². The van der Waals surface area contributed by atoms with E-state index >= 15 is 4.39 Å². The van der Waals surface area contributed by atoms with Crippen LogP contribution in [0.2, 0.25) is 5.02 Å². The van der Waals surface area contributed by atoms with E-state index in [1.807, 2.05) is 17.0 Å². The van der Waals surface area contributed by atoms with E-state index in [0.717, 1.165) is 42.5 Å². The van der Waals surface area contributed by atoms with Crippen molar-refractivity contribution in [2.45, 2.75) is 50.6 Å². The van der Waals surface area contributed by atoms with Crippen molar-refractivity contribution in [3.05, 3.63) is 71.3 Å². The van der Waals surface area contributed by atoms with Gasteiger partial charge in [0.05, 0.1) is 34.6 Å². The van der Waals surface area contributed by atoms with Gasteiger partial charge in [0.2, 0.25) is 17.8 Å². The Labute approximate surface area is 244 Å². The van der Waals surface area contributed by atoms with Gasteiger partial charge in [-0.3, -0.25) is 9.59 Å². The van der Waals surface area contributed by atoms with Gasteiger partial charge in [-0.05, 0) is 90.8 Å². The topological polar surface area (TPSA) is 135 Å². The third-order valence-electron chi connectivity index (χ3n) is 9.22. The van der Waals surface area contributed by atoms with Crippen molar-refractivity contribution in [1.29, 1.82) is 0 Å². The van der Waals surface area contributed by atoms with Crippen LogP contribution in [0.5, 0.6) is 0 Å². The number of anilines is 1. The molecule has 0 radical (unpaired) electrons. The molecule has 1 saturated heterocycles. The standard InChI is InChI=1S/C29H25ClFN9O2/c30-17-1-4-22(39-14-33-37-38-39)20(9-17)16-7-18-2-5-23(40(18)25(41)8-16)27-32-13-21(34-27)19-3-6-24(35-26(19)31)36-28(42)29-10-15(11-29)12-29/h1,3-4,6,8-9,13-15,18,23H,2,5,7,10-12H2,(H,32,34)(H,35,36,42)/t15?,18-,23+,29?/m1/s1. The van der Waals surface area contributed by atoms with Crippen LogP contribution < -0.4 is 5.32 Å². The van der Waals surface area contributed by atoms with E-state index in [4.69, 9.17) is 11.6 Å². The lowest BCUT2D eigenvalue weighted by Gasteiger charge is -2.59. The second kappa shape index (κ2) is 9.28. The molecule has 3 aliphatic carbocycles. The first kappa shape index (κ1) is 25.3. The molecule has 42 heavy (non-hydrogen) atoms. The largest absolute Gasteiger partial charge is 0.340 e. The molecule has 5 aliphatic rings. The van der Waals surface area contributed by atoms with Crippen molar-refractivity contribution in [1.82, 2.24) is 40.1 Å². The smallest absolute Gasteiger partial charge is 0.247 e. The number of amides is 2. The molecule has 212 valence electrons. The summed E-state index contributed by atoms with van der Waals surface area (Å²) in [6, 6.07) is 8.32. The van der Waals surface area contributed by atoms with Crippen molar-refractivity contribution >= 4 is 34.8 Å². The van der Waals surface area contributed by atoms with E-state index in [2.05, 4.69) is 35.8 Å². The minimum atomic E-state index is -0.702. The molecular weight excluding hydrogens is 561 g/mol. The van der Waals surface area contributed by atoms with Gasteiger partial charge in [-0.1, -0.05) is 11.6 Å². The highest BCUT2D eigenvalue weighted by atomic mass is 35.5. The van der Waals surface area contributed by atoms with E-state index < -0.39 is 5.95 Å². The predicted octanol–water partition coefficient (Wildman–Crippen LogP) is 4.50. The fourth-order valence-electron chi connectivity index (χ4n) is 7.00. The van der Waals surface area contributed by atoms with Gasteiger partial charge < -0.3 is 15.2 Å². The van der Waals surface area contributed by atoms with Crippen LogP contribution >= 0.6 is 11.6 Å². The third kappa shape index (κ3) is 3.96. The Morgan fingerprint density at radius 3 is 2.74 bits per heavy atom. The Balaban J connectivity index is 1.02. The van der Waals surface area contributed by atoms with Gasteiger partial charge in [-0.15, -0.1) is 5.10 Å². The molecule has 2 aliphatic heterocycles. The number of aromatic nitrogens is 7. The number of pyridine rings is 1. The van der Waals surface area contributed by atoms with E-state index in [-0.39, 0.29) is 40.7 Å².